The Kier molecular flexibility index (Phi) is 2.87. The molecule has 0 saturated heterocycles. The predicted molar refractivity (Wildman–Crippen MR) is 60.6 cm³/mol. The van der Waals surface area contributed by atoms with Crippen molar-refractivity contribution < 1.29 is 0 Å². The fourth-order valence-corrected chi connectivity index (χ4v) is 2.69. The van der Waals surface area contributed by atoms with Gasteiger partial charge in [-0.25, -0.2) is 0 Å². The molecule has 0 spiro atoms. The average Bonchev–Trinajstić information content (AvgIpc) is 2.53. The third-order valence-electron chi connectivity index (χ3n) is 2.03. The fourth-order valence-electron chi connectivity index (χ4n) is 1.32. The number of benzene rings is 1. The van der Waals surface area contributed by atoms with E-state index in [1.54, 1.807) is 11.8 Å². The smallest absolute Gasteiger partial charge is 0.0932 e. The first-order valence-corrected chi connectivity index (χ1v) is 5.75. The van der Waals surface area contributed by atoms with Crippen molar-refractivity contribution in [3.63, 3.8) is 0 Å². The maximum Gasteiger partial charge on any atom is 0.0932 e. The molecule has 0 aliphatic carbocycles. The van der Waals surface area contributed by atoms with Crippen LogP contribution in [0, 0.1) is 0 Å². The molecule has 1 aromatic carbocycles. The first-order chi connectivity index (χ1) is 6.27. The van der Waals surface area contributed by atoms with Crippen LogP contribution in [0.2, 0.25) is 5.02 Å². The third-order valence-corrected chi connectivity index (χ3v) is 3.73. The van der Waals surface area contributed by atoms with E-state index in [9.17, 15) is 0 Å². The van der Waals surface area contributed by atoms with Crippen LogP contribution < -0.4 is 0 Å². The lowest BCUT2D eigenvalue weighted by Gasteiger charge is -2.11. The highest BCUT2D eigenvalue weighted by Gasteiger charge is 2.22. The van der Waals surface area contributed by atoms with E-state index in [2.05, 4.69) is 11.5 Å². The summed E-state index contributed by atoms with van der Waals surface area (Å²) in [6.45, 7) is 0. The second-order valence-corrected chi connectivity index (χ2v) is 5.11. The van der Waals surface area contributed by atoms with Gasteiger partial charge in [-0.1, -0.05) is 29.8 Å². The lowest BCUT2D eigenvalue weighted by Crippen LogP contribution is -2.01. The van der Waals surface area contributed by atoms with E-state index in [4.69, 9.17) is 23.2 Å². The number of hydrogen-bond acceptors (Lipinski definition) is 1. The molecular weight excluding hydrogens is 223 g/mol. The van der Waals surface area contributed by atoms with Gasteiger partial charge in [0.15, 0.2) is 0 Å². The van der Waals surface area contributed by atoms with Gasteiger partial charge in [-0.3, -0.25) is 0 Å². The molecule has 0 radical (unpaired) electrons. The molecule has 68 valence electrons. The molecule has 0 saturated carbocycles. The van der Waals surface area contributed by atoms with Crippen LogP contribution in [0.5, 0.6) is 0 Å². The Morgan fingerprint density at radius 2 is 1.85 bits per heavy atom. The van der Waals surface area contributed by atoms with Gasteiger partial charge in [0.05, 0.1) is 4.71 Å². The Balaban J connectivity index is 2.25. The van der Waals surface area contributed by atoms with Crippen LogP contribution in [0.15, 0.2) is 35.7 Å². The van der Waals surface area contributed by atoms with Gasteiger partial charge in [0, 0.05) is 10.9 Å². The summed E-state index contributed by atoms with van der Waals surface area (Å²) in [5.41, 5.74) is 1.23. The van der Waals surface area contributed by atoms with Gasteiger partial charge in [0.2, 0.25) is 0 Å². The van der Waals surface area contributed by atoms with Crippen LogP contribution in [0.3, 0.4) is 0 Å². The Morgan fingerprint density at radius 1 is 1.15 bits per heavy atom. The minimum atomic E-state index is 0.126. The van der Waals surface area contributed by atoms with Crippen LogP contribution in [-0.4, -0.2) is 4.71 Å². The Morgan fingerprint density at radius 3 is 2.38 bits per heavy atom. The number of halogens is 2. The lowest BCUT2D eigenvalue weighted by atomic mass is 10.0. The first-order valence-electron chi connectivity index (χ1n) is 3.99. The molecule has 1 heterocycles. The highest BCUT2D eigenvalue weighted by Crippen LogP contribution is 2.39. The standard InChI is InChI=1S/C10H8Cl2S/c11-8-3-1-7(2-4-8)9-5-6-13-10(9)12/h1-6,9-10H. The summed E-state index contributed by atoms with van der Waals surface area (Å²) in [5.74, 6) is 0.323. The summed E-state index contributed by atoms with van der Waals surface area (Å²) in [7, 11) is 0. The van der Waals surface area contributed by atoms with E-state index < -0.39 is 0 Å². The zero-order valence-electron chi connectivity index (χ0n) is 6.78. The molecule has 0 N–H and O–H groups in total. The lowest BCUT2D eigenvalue weighted by molar-refractivity contribution is 0.952. The number of rotatable bonds is 1. The van der Waals surface area contributed by atoms with Crippen LogP contribution >= 0.6 is 35.0 Å². The quantitative estimate of drug-likeness (QED) is 0.651. The summed E-state index contributed by atoms with van der Waals surface area (Å²) < 4.78 is 0.126. The van der Waals surface area contributed by atoms with Crippen molar-refractivity contribution >= 4 is 35.0 Å². The normalized spacial score (nSPS) is 26.6. The summed E-state index contributed by atoms with van der Waals surface area (Å²) >= 11 is 13.6. The molecule has 1 aliphatic rings. The Hall–Kier alpha value is -0.110. The molecule has 2 atom stereocenters. The number of alkyl halides is 1. The van der Waals surface area contributed by atoms with E-state index >= 15 is 0 Å². The molecule has 2 rings (SSSR count). The van der Waals surface area contributed by atoms with Crippen molar-refractivity contribution in [2.24, 2.45) is 0 Å². The average molecular weight is 231 g/mol. The first kappa shape index (κ1) is 9.45. The molecule has 0 amide bonds. The Labute approximate surface area is 91.9 Å². The molecule has 2 unspecified atom stereocenters. The summed E-state index contributed by atoms with van der Waals surface area (Å²) in [5, 5.41) is 2.82. The van der Waals surface area contributed by atoms with E-state index in [1.165, 1.54) is 5.56 Å². The third kappa shape index (κ3) is 2.04. The van der Waals surface area contributed by atoms with Gasteiger partial charge in [0.25, 0.3) is 0 Å². The molecule has 0 fully saturated rings. The van der Waals surface area contributed by atoms with Gasteiger partial charge in [-0.15, -0.1) is 23.4 Å². The maximum absolute atomic E-state index is 6.12. The second kappa shape index (κ2) is 3.95. The van der Waals surface area contributed by atoms with Crippen molar-refractivity contribution in [1.82, 2.24) is 0 Å². The van der Waals surface area contributed by atoms with Gasteiger partial charge < -0.3 is 0 Å². The molecule has 13 heavy (non-hydrogen) atoms. The van der Waals surface area contributed by atoms with Crippen molar-refractivity contribution in [3.8, 4) is 0 Å². The minimum absolute atomic E-state index is 0.126. The zero-order valence-corrected chi connectivity index (χ0v) is 9.11. The number of allylic oxidation sites excluding steroid dienone is 1. The highest BCUT2D eigenvalue weighted by atomic mass is 35.5. The van der Waals surface area contributed by atoms with Crippen LogP contribution in [0.1, 0.15) is 11.5 Å². The Bertz CT molecular complexity index is 318. The SMILES string of the molecule is Clc1ccc(C2C=CSC2Cl)cc1. The molecule has 3 heteroatoms. The number of thioether (sulfide) groups is 1. The van der Waals surface area contributed by atoms with E-state index in [0.717, 1.165) is 5.02 Å². The van der Waals surface area contributed by atoms with Gasteiger partial charge in [0.1, 0.15) is 0 Å². The van der Waals surface area contributed by atoms with Gasteiger partial charge >= 0.3 is 0 Å². The molecular formula is C10H8Cl2S. The summed E-state index contributed by atoms with van der Waals surface area (Å²) in [6.07, 6.45) is 2.13. The second-order valence-electron chi connectivity index (χ2n) is 2.89. The number of hydrogen-bond donors (Lipinski definition) is 0. The maximum atomic E-state index is 6.12. The van der Waals surface area contributed by atoms with E-state index in [0.29, 0.717) is 5.92 Å². The van der Waals surface area contributed by atoms with Crippen molar-refractivity contribution in [3.05, 3.63) is 46.3 Å². The van der Waals surface area contributed by atoms with Crippen molar-refractivity contribution in [1.29, 1.82) is 0 Å². The summed E-state index contributed by atoms with van der Waals surface area (Å²) in [4.78, 5) is 0. The van der Waals surface area contributed by atoms with Crippen molar-refractivity contribution in [2.45, 2.75) is 10.6 Å². The molecule has 1 aliphatic heterocycles. The van der Waals surface area contributed by atoms with Crippen molar-refractivity contribution in [2.75, 3.05) is 0 Å². The van der Waals surface area contributed by atoms with E-state index in [1.807, 2.05) is 24.3 Å². The zero-order chi connectivity index (χ0) is 9.26. The predicted octanol–water partition coefficient (Wildman–Crippen LogP) is 4.25. The van der Waals surface area contributed by atoms with Crippen LogP contribution in [0.4, 0.5) is 0 Å². The fraction of sp³-hybridized carbons (Fsp3) is 0.200. The van der Waals surface area contributed by atoms with Crippen LogP contribution in [0.25, 0.3) is 0 Å². The monoisotopic (exact) mass is 230 g/mol. The molecule has 1 aromatic rings. The summed E-state index contributed by atoms with van der Waals surface area (Å²) in [6, 6.07) is 7.85. The minimum Gasteiger partial charge on any atom is -0.114 e. The topological polar surface area (TPSA) is 0 Å². The molecule has 0 aromatic heterocycles. The van der Waals surface area contributed by atoms with Gasteiger partial charge in [-0.2, -0.15) is 0 Å². The largest absolute Gasteiger partial charge is 0.114 e. The van der Waals surface area contributed by atoms with Gasteiger partial charge in [-0.05, 0) is 23.1 Å². The van der Waals surface area contributed by atoms with E-state index in [-0.39, 0.29) is 4.71 Å². The highest BCUT2D eigenvalue weighted by molar-refractivity contribution is 8.04. The molecule has 0 nitrogen and oxygen atoms in total. The molecule has 0 bridgehead atoms. The van der Waals surface area contributed by atoms with Crippen LogP contribution in [-0.2, 0) is 0 Å².